The SMILES string of the molecule is CCC(C)(C)C(=O)OC1(C)CCCC1.CCC(C)(C)C(=O)OC1(CC)C2CC3CC(C2)CC1C3.CCC(C)(C)C(=O)OC12CC3CC(CC(O)(C3)C1)C2. The van der Waals surface area contributed by atoms with E-state index in [0.717, 1.165) is 76.0 Å². The fourth-order valence-corrected chi connectivity index (χ4v) is 11.7. The first-order valence-corrected chi connectivity index (χ1v) is 22.0. The van der Waals surface area contributed by atoms with Gasteiger partial charge in [-0.3, -0.25) is 14.4 Å². The monoisotopic (exact) mass is 743 g/mol. The molecule has 0 saturated heterocycles. The van der Waals surface area contributed by atoms with E-state index in [9.17, 15) is 19.5 Å². The summed E-state index contributed by atoms with van der Waals surface area (Å²) in [6, 6.07) is 0. The van der Waals surface area contributed by atoms with Crippen molar-refractivity contribution in [2.24, 2.45) is 51.8 Å². The van der Waals surface area contributed by atoms with Crippen molar-refractivity contribution in [1.29, 1.82) is 0 Å². The molecule has 1 N–H and O–H groups in total. The molecule has 53 heavy (non-hydrogen) atoms. The first kappa shape index (κ1) is 42.5. The first-order chi connectivity index (χ1) is 24.6. The third kappa shape index (κ3) is 9.01. The van der Waals surface area contributed by atoms with Crippen LogP contribution in [-0.2, 0) is 28.6 Å². The van der Waals surface area contributed by atoms with Crippen molar-refractivity contribution in [1.82, 2.24) is 0 Å². The Morgan fingerprint density at radius 1 is 0.585 bits per heavy atom. The number of ether oxygens (including phenoxy) is 3. The lowest BCUT2D eigenvalue weighted by Gasteiger charge is -2.60. The van der Waals surface area contributed by atoms with E-state index < -0.39 is 11.0 Å². The molecule has 0 amide bonds. The number of hydrogen-bond acceptors (Lipinski definition) is 7. The van der Waals surface area contributed by atoms with Crippen LogP contribution in [0.25, 0.3) is 0 Å². The van der Waals surface area contributed by atoms with E-state index in [0.29, 0.717) is 30.1 Å². The van der Waals surface area contributed by atoms with Crippen LogP contribution in [0.1, 0.15) is 198 Å². The van der Waals surface area contributed by atoms with Gasteiger partial charge in [-0.15, -0.1) is 0 Å². The average molecular weight is 743 g/mol. The predicted octanol–water partition coefficient (Wildman–Crippen LogP) is 10.9. The highest BCUT2D eigenvalue weighted by molar-refractivity contribution is 5.77. The van der Waals surface area contributed by atoms with Crippen molar-refractivity contribution >= 4 is 17.9 Å². The minimum absolute atomic E-state index is 0.0364. The van der Waals surface area contributed by atoms with Crippen LogP contribution in [0.15, 0.2) is 0 Å². The van der Waals surface area contributed by atoms with Gasteiger partial charge in [-0.25, -0.2) is 0 Å². The van der Waals surface area contributed by atoms with Gasteiger partial charge < -0.3 is 19.3 Å². The summed E-state index contributed by atoms with van der Waals surface area (Å²) in [6.07, 6.45) is 20.3. The third-order valence-electron chi connectivity index (χ3n) is 16.0. The van der Waals surface area contributed by atoms with Crippen LogP contribution < -0.4 is 0 Å². The first-order valence-electron chi connectivity index (χ1n) is 22.0. The molecule has 0 aromatic rings. The molecule has 7 nitrogen and oxygen atoms in total. The third-order valence-corrected chi connectivity index (χ3v) is 16.0. The van der Waals surface area contributed by atoms with E-state index in [1.807, 2.05) is 55.4 Å². The van der Waals surface area contributed by atoms with Gasteiger partial charge >= 0.3 is 17.9 Å². The quantitative estimate of drug-likeness (QED) is 0.176. The fraction of sp³-hybridized carbons (Fsp3) is 0.935. The number of hydrogen-bond donors (Lipinski definition) is 1. The molecule has 0 heterocycles. The lowest BCUT2D eigenvalue weighted by atomic mass is 9.49. The highest BCUT2D eigenvalue weighted by Crippen LogP contribution is 2.61. The Hall–Kier alpha value is -1.63. The van der Waals surface area contributed by atoms with E-state index in [-0.39, 0.29) is 45.5 Å². The van der Waals surface area contributed by atoms with Gasteiger partial charge in [0.1, 0.15) is 16.8 Å². The minimum atomic E-state index is -0.555. The van der Waals surface area contributed by atoms with Gasteiger partial charge in [0, 0.05) is 6.42 Å². The van der Waals surface area contributed by atoms with Crippen molar-refractivity contribution in [3.63, 3.8) is 0 Å². The zero-order valence-electron chi connectivity index (χ0n) is 35.8. The van der Waals surface area contributed by atoms with E-state index in [2.05, 4.69) is 20.8 Å². The van der Waals surface area contributed by atoms with Crippen LogP contribution in [0.5, 0.6) is 0 Å². The molecule has 9 aliphatic rings. The van der Waals surface area contributed by atoms with Gasteiger partial charge in [0.05, 0.1) is 21.8 Å². The Balaban J connectivity index is 0.000000156. The molecule has 2 atom stereocenters. The molecule has 0 radical (unpaired) electrons. The summed E-state index contributed by atoms with van der Waals surface area (Å²) in [5.41, 5.74) is -2.29. The normalized spacial score (nSPS) is 37.6. The molecule has 0 aliphatic heterocycles. The maximum absolute atomic E-state index is 12.6. The Morgan fingerprint density at radius 2 is 0.981 bits per heavy atom. The van der Waals surface area contributed by atoms with Crippen molar-refractivity contribution in [2.45, 2.75) is 221 Å². The smallest absolute Gasteiger partial charge is 0.312 e. The van der Waals surface area contributed by atoms with Crippen molar-refractivity contribution in [3.8, 4) is 0 Å². The molecular formula is C46H78O7. The van der Waals surface area contributed by atoms with Gasteiger partial charge in [0.25, 0.3) is 0 Å². The second-order valence-electron chi connectivity index (χ2n) is 21.5. The Bertz CT molecular complexity index is 1280. The number of carbonyl (C=O) groups excluding carboxylic acids is 3. The molecule has 0 aromatic heterocycles. The van der Waals surface area contributed by atoms with Crippen LogP contribution >= 0.6 is 0 Å². The lowest BCUT2D eigenvalue weighted by Crippen LogP contribution is -2.61. The molecule has 7 heteroatoms. The zero-order valence-corrected chi connectivity index (χ0v) is 35.8. The number of carbonyl (C=O) groups is 3. The second kappa shape index (κ2) is 15.4. The zero-order chi connectivity index (χ0) is 39.3. The summed E-state index contributed by atoms with van der Waals surface area (Å²) in [5, 5.41) is 10.6. The largest absolute Gasteiger partial charge is 0.459 e. The van der Waals surface area contributed by atoms with Gasteiger partial charge in [0.15, 0.2) is 0 Å². The van der Waals surface area contributed by atoms with Crippen molar-refractivity contribution in [3.05, 3.63) is 0 Å². The van der Waals surface area contributed by atoms with Gasteiger partial charge in [-0.2, -0.15) is 0 Å². The van der Waals surface area contributed by atoms with Crippen LogP contribution in [0.2, 0.25) is 0 Å². The van der Waals surface area contributed by atoms with Crippen LogP contribution in [0.3, 0.4) is 0 Å². The maximum atomic E-state index is 12.6. The summed E-state index contributed by atoms with van der Waals surface area (Å²) in [7, 11) is 0. The molecule has 304 valence electrons. The summed E-state index contributed by atoms with van der Waals surface area (Å²) >= 11 is 0. The average Bonchev–Trinajstić information content (AvgIpc) is 3.50. The Labute approximate surface area is 323 Å². The van der Waals surface area contributed by atoms with Crippen molar-refractivity contribution < 1.29 is 33.7 Å². The number of rotatable bonds is 10. The molecular weight excluding hydrogens is 664 g/mol. The molecule has 9 rings (SSSR count). The van der Waals surface area contributed by atoms with E-state index >= 15 is 0 Å². The van der Waals surface area contributed by atoms with Crippen molar-refractivity contribution in [2.75, 3.05) is 0 Å². The molecule has 2 unspecified atom stereocenters. The fourth-order valence-electron chi connectivity index (χ4n) is 11.7. The van der Waals surface area contributed by atoms with Gasteiger partial charge in [-0.05, 0) is 200 Å². The number of aliphatic hydroxyl groups is 1. The molecule has 9 fully saturated rings. The molecule has 8 bridgehead atoms. The standard InChI is InChI=1S/C18H30O2.C16H26O3.C12H22O2/c1-5-17(3,4)16(19)20-18(6-2)14-8-12-7-13(10-14)11-15(18)9-12;1-4-14(2,3)13(17)19-16-8-11-5-12(9-16)7-15(18,6-11)10-16;1-5-11(2,3)10(13)14-12(4)8-6-7-9-12/h12-15H,5-11H2,1-4H3;11-12,18H,4-10H2,1-3H3;5-9H2,1-4H3. The minimum Gasteiger partial charge on any atom is -0.459 e. The summed E-state index contributed by atoms with van der Waals surface area (Å²) in [4.78, 5) is 36.8. The molecule has 9 aliphatic carbocycles. The maximum Gasteiger partial charge on any atom is 0.312 e. The van der Waals surface area contributed by atoms with Gasteiger partial charge in [-0.1, -0.05) is 27.7 Å². The topological polar surface area (TPSA) is 99.1 Å². The highest BCUT2D eigenvalue weighted by atomic mass is 16.6. The van der Waals surface area contributed by atoms with E-state index in [4.69, 9.17) is 14.2 Å². The second-order valence-corrected chi connectivity index (χ2v) is 21.5. The van der Waals surface area contributed by atoms with E-state index in [1.54, 1.807) is 0 Å². The highest BCUT2D eigenvalue weighted by Gasteiger charge is 2.60. The van der Waals surface area contributed by atoms with Crippen LogP contribution in [-0.4, -0.2) is 45.4 Å². The Kier molecular flexibility index (Phi) is 12.3. The summed E-state index contributed by atoms with van der Waals surface area (Å²) in [5.74, 6) is 4.16. The molecule has 0 aromatic carbocycles. The Morgan fingerprint density at radius 3 is 1.38 bits per heavy atom. The van der Waals surface area contributed by atoms with Crippen LogP contribution in [0, 0.1) is 51.8 Å². The molecule has 9 saturated carbocycles. The van der Waals surface area contributed by atoms with Crippen LogP contribution in [0.4, 0.5) is 0 Å². The lowest BCUT2D eigenvalue weighted by molar-refractivity contribution is -0.225. The molecule has 0 spiro atoms. The number of esters is 3. The summed E-state index contributed by atoms with van der Waals surface area (Å²) < 4.78 is 17.9. The van der Waals surface area contributed by atoms with E-state index in [1.165, 1.54) is 51.4 Å². The van der Waals surface area contributed by atoms with Gasteiger partial charge in [0.2, 0.25) is 0 Å². The predicted molar refractivity (Wildman–Crippen MR) is 210 cm³/mol. The summed E-state index contributed by atoms with van der Waals surface area (Å²) in [6.45, 7) is 22.3.